The molecule has 10 aromatic rings. The second-order valence-corrected chi connectivity index (χ2v) is 21.0. The van der Waals surface area contributed by atoms with Crippen molar-refractivity contribution >= 4 is 62.1 Å². The molecular formula is C71H56N2. The lowest BCUT2D eigenvalue weighted by atomic mass is 9.81. The van der Waals surface area contributed by atoms with Gasteiger partial charge in [-0.15, -0.1) is 0 Å². The predicted molar refractivity (Wildman–Crippen MR) is 310 cm³/mol. The second-order valence-electron chi connectivity index (χ2n) is 21.0. The largest absolute Gasteiger partial charge is 0.314 e. The maximum absolute atomic E-state index is 2.54. The van der Waals surface area contributed by atoms with Crippen LogP contribution in [0.3, 0.4) is 0 Å². The van der Waals surface area contributed by atoms with Crippen LogP contribution in [0.2, 0.25) is 0 Å². The molecule has 350 valence electrons. The van der Waals surface area contributed by atoms with Gasteiger partial charge in [0, 0.05) is 39.5 Å². The van der Waals surface area contributed by atoms with Crippen LogP contribution < -0.4 is 9.80 Å². The maximum Gasteiger partial charge on any atom is 0.0493 e. The Kier molecular flexibility index (Phi) is 10.3. The lowest BCUT2D eigenvalue weighted by Crippen LogP contribution is -2.19. The summed E-state index contributed by atoms with van der Waals surface area (Å²) in [5.41, 5.74) is 26.1. The number of allylic oxidation sites excluding steroid dienone is 4. The molecule has 4 aliphatic rings. The summed E-state index contributed by atoms with van der Waals surface area (Å²) in [4.78, 5) is 5.03. The molecule has 0 N–H and O–H groups in total. The molecule has 2 heterocycles. The fourth-order valence-electron chi connectivity index (χ4n) is 12.9. The average molecular weight is 937 g/mol. The first-order chi connectivity index (χ1) is 36.0. The van der Waals surface area contributed by atoms with Crippen LogP contribution in [0.5, 0.6) is 0 Å². The molecule has 73 heavy (non-hydrogen) atoms. The Morgan fingerprint density at radius 3 is 1.44 bits per heavy atom. The zero-order valence-corrected chi connectivity index (χ0v) is 41.6. The van der Waals surface area contributed by atoms with Crippen LogP contribution in [0.25, 0.3) is 67.1 Å². The third kappa shape index (κ3) is 7.22. The third-order valence-corrected chi connectivity index (χ3v) is 16.5. The van der Waals surface area contributed by atoms with Gasteiger partial charge in [-0.25, -0.2) is 0 Å². The van der Waals surface area contributed by atoms with Crippen LogP contribution in [-0.2, 0) is 24.7 Å². The molecule has 2 aliphatic carbocycles. The van der Waals surface area contributed by atoms with E-state index in [-0.39, 0.29) is 5.41 Å². The third-order valence-electron chi connectivity index (χ3n) is 16.5. The van der Waals surface area contributed by atoms with Crippen molar-refractivity contribution in [2.24, 2.45) is 0 Å². The number of anilines is 5. The molecule has 2 aliphatic heterocycles. The lowest BCUT2D eigenvalue weighted by molar-refractivity contribution is 0.660. The molecule has 2 heteroatoms. The van der Waals surface area contributed by atoms with Gasteiger partial charge in [-0.2, -0.15) is 0 Å². The molecule has 0 spiro atoms. The van der Waals surface area contributed by atoms with Crippen LogP contribution in [0.1, 0.15) is 72.1 Å². The van der Waals surface area contributed by atoms with E-state index in [1.165, 1.54) is 134 Å². The molecule has 0 saturated carbocycles. The van der Waals surface area contributed by atoms with E-state index in [1.807, 2.05) is 0 Å². The summed E-state index contributed by atoms with van der Waals surface area (Å²) in [7, 11) is 0. The monoisotopic (exact) mass is 936 g/mol. The standard InChI is InChI=1S/C71H56N2/c1-71(2)63-45-48(31-43-57(63)58-44-42-56(46-64(58)71)73-67-25-13-5-17-51(67)36-37-52-18-6-14-26-68(52)73)28-27-47-29-32-53(33-30-47)69-59-19-7-9-21-61(59)70(62-22-10-8-20-60(62)69)54-38-40-55(41-39-54)72-65-23-11-3-15-49(65)34-35-50-16-4-12-24-66(50)72/h3-11,13-23,25-33,38-46H,12,24,34-37H2,1-2H3/b28-27+. The highest BCUT2D eigenvalue weighted by Gasteiger charge is 2.37. The minimum atomic E-state index is -0.157. The molecule has 0 unspecified atom stereocenters. The van der Waals surface area contributed by atoms with Crippen molar-refractivity contribution in [1.29, 1.82) is 0 Å². The van der Waals surface area contributed by atoms with Gasteiger partial charge in [-0.3, -0.25) is 0 Å². The quantitative estimate of drug-likeness (QED) is 0.121. The van der Waals surface area contributed by atoms with Gasteiger partial charge in [-0.05, 0) is 180 Å². The first kappa shape index (κ1) is 43.3. The summed E-state index contributed by atoms with van der Waals surface area (Å²) in [6.07, 6.45) is 15.6. The Hall–Kier alpha value is -8.46. The molecule has 2 nitrogen and oxygen atoms in total. The van der Waals surface area contributed by atoms with Crippen LogP contribution in [0, 0.1) is 0 Å². The summed E-state index contributed by atoms with van der Waals surface area (Å²) >= 11 is 0. The van der Waals surface area contributed by atoms with Gasteiger partial charge >= 0.3 is 0 Å². The van der Waals surface area contributed by atoms with Crippen molar-refractivity contribution in [3.8, 4) is 33.4 Å². The second kappa shape index (κ2) is 17.4. The van der Waals surface area contributed by atoms with Crippen LogP contribution in [0.4, 0.5) is 28.4 Å². The Morgan fingerprint density at radius 2 is 0.849 bits per heavy atom. The number of aryl methyl sites for hydroxylation is 3. The van der Waals surface area contributed by atoms with Crippen LogP contribution in [-0.4, -0.2) is 0 Å². The number of rotatable bonds is 6. The summed E-state index contributed by atoms with van der Waals surface area (Å²) in [5.74, 6) is 0. The van der Waals surface area contributed by atoms with E-state index < -0.39 is 0 Å². The van der Waals surface area contributed by atoms with E-state index >= 15 is 0 Å². The minimum Gasteiger partial charge on any atom is -0.314 e. The topological polar surface area (TPSA) is 6.48 Å². The first-order valence-corrected chi connectivity index (χ1v) is 26.3. The number of para-hydroxylation sites is 3. The predicted octanol–water partition coefficient (Wildman–Crippen LogP) is 19.1. The molecule has 0 amide bonds. The van der Waals surface area contributed by atoms with Gasteiger partial charge in [-0.1, -0.05) is 202 Å². The molecule has 0 atom stereocenters. The van der Waals surface area contributed by atoms with Crippen molar-refractivity contribution < 1.29 is 0 Å². The first-order valence-electron chi connectivity index (χ1n) is 26.3. The Bertz CT molecular complexity index is 3830. The number of benzene rings is 10. The van der Waals surface area contributed by atoms with Gasteiger partial charge in [0.15, 0.2) is 0 Å². The van der Waals surface area contributed by atoms with Crippen molar-refractivity contribution in [1.82, 2.24) is 0 Å². The average Bonchev–Trinajstić information content (AvgIpc) is 3.56. The fourth-order valence-corrected chi connectivity index (χ4v) is 12.9. The van der Waals surface area contributed by atoms with E-state index in [2.05, 4.69) is 254 Å². The Labute approximate surface area is 429 Å². The highest BCUT2D eigenvalue weighted by Crippen LogP contribution is 2.52. The van der Waals surface area contributed by atoms with E-state index in [0.717, 1.165) is 38.5 Å². The van der Waals surface area contributed by atoms with Gasteiger partial charge in [0.05, 0.1) is 0 Å². The van der Waals surface area contributed by atoms with E-state index in [0.29, 0.717) is 0 Å². The van der Waals surface area contributed by atoms with Gasteiger partial charge in [0.25, 0.3) is 0 Å². The highest BCUT2D eigenvalue weighted by atomic mass is 15.2. The summed E-state index contributed by atoms with van der Waals surface area (Å²) in [6, 6.07) is 77.6. The molecule has 14 rings (SSSR count). The van der Waals surface area contributed by atoms with Crippen molar-refractivity contribution in [2.45, 2.75) is 57.8 Å². The lowest BCUT2D eigenvalue weighted by Gasteiger charge is -2.30. The van der Waals surface area contributed by atoms with Gasteiger partial charge in [0.2, 0.25) is 0 Å². The Balaban J connectivity index is 0.767. The summed E-state index contributed by atoms with van der Waals surface area (Å²) < 4.78 is 0. The summed E-state index contributed by atoms with van der Waals surface area (Å²) in [6.45, 7) is 4.79. The fraction of sp³-hybridized carbons (Fsp3) is 0.127. The van der Waals surface area contributed by atoms with Crippen molar-refractivity contribution in [3.63, 3.8) is 0 Å². The van der Waals surface area contributed by atoms with E-state index in [9.17, 15) is 0 Å². The van der Waals surface area contributed by atoms with Crippen LogP contribution >= 0.6 is 0 Å². The summed E-state index contributed by atoms with van der Waals surface area (Å²) in [5, 5.41) is 5.07. The normalized spacial score (nSPS) is 15.4. The van der Waals surface area contributed by atoms with Gasteiger partial charge < -0.3 is 9.80 Å². The molecule has 0 saturated heterocycles. The zero-order chi connectivity index (χ0) is 48.6. The highest BCUT2D eigenvalue weighted by molar-refractivity contribution is 6.21. The van der Waals surface area contributed by atoms with Crippen LogP contribution in [0.15, 0.2) is 230 Å². The number of nitrogens with zero attached hydrogens (tertiary/aromatic N) is 2. The number of hydrogen-bond donors (Lipinski definition) is 0. The van der Waals surface area contributed by atoms with E-state index in [1.54, 1.807) is 0 Å². The Morgan fingerprint density at radius 1 is 0.397 bits per heavy atom. The molecule has 0 radical (unpaired) electrons. The van der Waals surface area contributed by atoms with E-state index in [4.69, 9.17) is 0 Å². The molecule has 0 aromatic heterocycles. The molecule has 0 bridgehead atoms. The smallest absolute Gasteiger partial charge is 0.0493 e. The minimum absolute atomic E-state index is 0.157. The SMILES string of the molecule is CC1(C)c2cc(/C=C/c3ccc(-c4c5ccccc5c(-c5ccc(N6C7=C(C=CCC7)CCc7ccccc76)cc5)c5ccccc45)cc3)ccc2-c2ccc(N3c4ccccc4CCc4ccccc43)cc21. The van der Waals surface area contributed by atoms with Gasteiger partial charge in [0.1, 0.15) is 0 Å². The molecule has 0 fully saturated rings. The van der Waals surface area contributed by atoms with Crippen molar-refractivity contribution in [2.75, 3.05) is 9.80 Å². The maximum atomic E-state index is 2.54. The molecule has 10 aromatic carbocycles. The number of hydrogen-bond acceptors (Lipinski definition) is 2. The molecular weight excluding hydrogens is 881 g/mol. The van der Waals surface area contributed by atoms with Crippen molar-refractivity contribution in [3.05, 3.63) is 269 Å². The number of fused-ring (bicyclic) bond motifs is 8. The zero-order valence-electron chi connectivity index (χ0n) is 41.6.